The Balaban J connectivity index is 0.000000360. The average Bonchev–Trinajstić information content (AvgIpc) is 1.86. The zero-order valence-electron chi connectivity index (χ0n) is 4.56. The van der Waals surface area contributed by atoms with E-state index < -0.39 is 0 Å². The van der Waals surface area contributed by atoms with Gasteiger partial charge >= 0.3 is 29.6 Å². The van der Waals surface area contributed by atoms with E-state index in [4.69, 9.17) is 0 Å². The van der Waals surface area contributed by atoms with Crippen LogP contribution in [-0.2, 0) is 0 Å². The molecule has 0 amide bonds. The van der Waals surface area contributed by atoms with E-state index in [1.807, 2.05) is 18.4 Å². The summed E-state index contributed by atoms with van der Waals surface area (Å²) in [5.41, 5.74) is 1.24. The first-order valence-corrected chi connectivity index (χ1v) is 2.69. The number of aryl methyl sites for hydroxylation is 1. The van der Waals surface area contributed by atoms with Crippen molar-refractivity contribution in [1.29, 1.82) is 0 Å². The third-order valence-electron chi connectivity index (χ3n) is 0.606. The molecule has 1 aromatic rings. The molecule has 0 atom stereocenters. The maximum Gasteiger partial charge on any atom is 1.00 e. The van der Waals surface area contributed by atoms with Crippen molar-refractivity contribution < 1.29 is 29.6 Å². The van der Waals surface area contributed by atoms with Crippen molar-refractivity contribution in [3.63, 3.8) is 0 Å². The average molecular weight is 120 g/mol. The van der Waals surface area contributed by atoms with E-state index in [9.17, 15) is 0 Å². The molecule has 1 heterocycles. The predicted molar refractivity (Wildman–Crippen MR) is 27.9 cm³/mol. The van der Waals surface area contributed by atoms with Gasteiger partial charge in [0.15, 0.2) is 0 Å². The summed E-state index contributed by atoms with van der Waals surface area (Å²) in [6.45, 7) is 2.04. The van der Waals surface area contributed by atoms with E-state index in [1.165, 1.54) is 5.56 Å². The standard InChI is InChI=1S/C5H5S.Na/c1-5-2-3-6-4-5;/h2-3H,1H3;/q-1;+1. The summed E-state index contributed by atoms with van der Waals surface area (Å²) >= 11 is 1.61. The maximum absolute atomic E-state index is 3.04. The normalized spacial score (nSPS) is 7.57. The van der Waals surface area contributed by atoms with E-state index >= 15 is 0 Å². The van der Waals surface area contributed by atoms with Gasteiger partial charge < -0.3 is 11.3 Å². The van der Waals surface area contributed by atoms with Crippen molar-refractivity contribution in [2.75, 3.05) is 0 Å². The first-order chi connectivity index (χ1) is 2.89. The van der Waals surface area contributed by atoms with Gasteiger partial charge in [-0.1, -0.05) is 6.92 Å². The van der Waals surface area contributed by atoms with Gasteiger partial charge in [-0.15, -0.1) is 5.38 Å². The van der Waals surface area contributed by atoms with Gasteiger partial charge in [-0.25, -0.2) is 6.07 Å². The summed E-state index contributed by atoms with van der Waals surface area (Å²) in [5, 5.41) is 5.06. The molecule has 0 aliphatic rings. The molecule has 0 spiro atoms. The molecule has 7 heavy (non-hydrogen) atoms. The Morgan fingerprint density at radius 1 is 1.71 bits per heavy atom. The van der Waals surface area contributed by atoms with Gasteiger partial charge in [0.25, 0.3) is 0 Å². The molecule has 0 fully saturated rings. The topological polar surface area (TPSA) is 0 Å². The van der Waals surface area contributed by atoms with E-state index in [2.05, 4.69) is 5.38 Å². The molecule has 0 bridgehead atoms. The summed E-state index contributed by atoms with van der Waals surface area (Å²) in [6, 6.07) is 2.05. The second-order valence-corrected chi connectivity index (χ2v) is 1.92. The fourth-order valence-electron chi connectivity index (χ4n) is 0.297. The Hall–Kier alpha value is 0.700. The van der Waals surface area contributed by atoms with Crippen LogP contribution < -0.4 is 29.6 Å². The van der Waals surface area contributed by atoms with Gasteiger partial charge in [-0.3, -0.25) is 0 Å². The van der Waals surface area contributed by atoms with Gasteiger partial charge in [0, 0.05) is 0 Å². The van der Waals surface area contributed by atoms with E-state index in [0.29, 0.717) is 0 Å². The van der Waals surface area contributed by atoms with E-state index in [-0.39, 0.29) is 29.6 Å². The molecule has 0 aromatic carbocycles. The van der Waals surface area contributed by atoms with Crippen LogP contribution in [0.2, 0.25) is 0 Å². The number of rotatable bonds is 0. The van der Waals surface area contributed by atoms with Gasteiger partial charge in [-0.05, 0) is 0 Å². The molecule has 0 radical (unpaired) electrons. The Morgan fingerprint density at radius 2 is 2.43 bits per heavy atom. The summed E-state index contributed by atoms with van der Waals surface area (Å²) in [5.74, 6) is 0. The number of thiophene rings is 1. The molecule has 32 valence electrons. The minimum Gasteiger partial charge on any atom is -0.304 e. The molecule has 0 N–H and O–H groups in total. The second kappa shape index (κ2) is 3.67. The van der Waals surface area contributed by atoms with Gasteiger partial charge in [0.2, 0.25) is 0 Å². The molecular weight excluding hydrogens is 115 g/mol. The summed E-state index contributed by atoms with van der Waals surface area (Å²) < 4.78 is 0. The zero-order chi connectivity index (χ0) is 4.41. The molecule has 0 saturated heterocycles. The van der Waals surface area contributed by atoms with Gasteiger partial charge in [-0.2, -0.15) is 10.9 Å². The maximum atomic E-state index is 3.04. The van der Waals surface area contributed by atoms with E-state index in [0.717, 1.165) is 0 Å². The van der Waals surface area contributed by atoms with Crippen molar-refractivity contribution in [3.05, 3.63) is 22.4 Å². The van der Waals surface area contributed by atoms with Crippen LogP contribution in [0, 0.1) is 12.3 Å². The molecule has 0 saturated carbocycles. The Labute approximate surface area is 69.9 Å². The molecular formula is C5H5NaS. The van der Waals surface area contributed by atoms with Crippen LogP contribution in [0.1, 0.15) is 5.56 Å². The van der Waals surface area contributed by atoms with Crippen LogP contribution in [-0.4, -0.2) is 0 Å². The smallest absolute Gasteiger partial charge is 0.304 e. The third-order valence-corrected chi connectivity index (χ3v) is 1.32. The van der Waals surface area contributed by atoms with Crippen molar-refractivity contribution >= 4 is 11.3 Å². The molecule has 0 unspecified atom stereocenters. The Bertz CT molecular complexity index is 112. The molecule has 0 nitrogen and oxygen atoms in total. The summed E-state index contributed by atoms with van der Waals surface area (Å²) in [4.78, 5) is 0. The Morgan fingerprint density at radius 3 is 2.57 bits per heavy atom. The van der Waals surface area contributed by atoms with Crippen molar-refractivity contribution in [3.8, 4) is 0 Å². The minimum absolute atomic E-state index is 0. The van der Waals surface area contributed by atoms with Crippen molar-refractivity contribution in [1.82, 2.24) is 0 Å². The van der Waals surface area contributed by atoms with Crippen LogP contribution in [0.15, 0.2) is 11.4 Å². The van der Waals surface area contributed by atoms with Crippen molar-refractivity contribution in [2.45, 2.75) is 6.92 Å². The molecule has 0 aliphatic heterocycles. The van der Waals surface area contributed by atoms with Crippen LogP contribution in [0.4, 0.5) is 0 Å². The zero-order valence-corrected chi connectivity index (χ0v) is 7.38. The largest absolute Gasteiger partial charge is 1.00 e. The van der Waals surface area contributed by atoms with Gasteiger partial charge in [0.1, 0.15) is 0 Å². The first-order valence-electron chi connectivity index (χ1n) is 1.81. The number of hydrogen-bond acceptors (Lipinski definition) is 1. The monoisotopic (exact) mass is 120 g/mol. The number of hydrogen-bond donors (Lipinski definition) is 0. The molecule has 1 rings (SSSR count). The first kappa shape index (κ1) is 7.70. The van der Waals surface area contributed by atoms with Crippen LogP contribution in [0.5, 0.6) is 0 Å². The summed E-state index contributed by atoms with van der Waals surface area (Å²) in [7, 11) is 0. The van der Waals surface area contributed by atoms with Crippen LogP contribution in [0.3, 0.4) is 0 Å². The molecule has 2 heteroatoms. The second-order valence-electron chi connectivity index (χ2n) is 1.21. The fraction of sp³-hybridized carbons (Fsp3) is 0.200. The summed E-state index contributed by atoms with van der Waals surface area (Å²) in [6.07, 6.45) is 0. The Kier molecular flexibility index (Phi) is 4.04. The minimum atomic E-state index is 0. The third kappa shape index (κ3) is 2.50. The van der Waals surface area contributed by atoms with Gasteiger partial charge in [0.05, 0.1) is 0 Å². The quantitative estimate of drug-likeness (QED) is 0.300. The SMILES string of the molecule is Cc1[c-]scc1.[Na+]. The van der Waals surface area contributed by atoms with Crippen molar-refractivity contribution in [2.24, 2.45) is 0 Å². The molecule has 1 aromatic heterocycles. The van der Waals surface area contributed by atoms with Crippen LogP contribution >= 0.6 is 11.3 Å². The fourth-order valence-corrected chi connectivity index (χ4v) is 0.891. The van der Waals surface area contributed by atoms with E-state index in [1.54, 1.807) is 11.3 Å². The van der Waals surface area contributed by atoms with Crippen LogP contribution in [0.25, 0.3) is 0 Å². The molecule has 0 aliphatic carbocycles. The predicted octanol–water partition coefficient (Wildman–Crippen LogP) is -1.14.